The third-order valence-corrected chi connectivity index (χ3v) is 3.25. The van der Waals surface area contributed by atoms with Gasteiger partial charge in [0.05, 0.1) is 0 Å². The van der Waals surface area contributed by atoms with Crippen LogP contribution in [0.15, 0.2) is 30.3 Å². The van der Waals surface area contributed by atoms with Gasteiger partial charge in [-0.25, -0.2) is 4.39 Å². The van der Waals surface area contributed by atoms with E-state index in [4.69, 9.17) is 0 Å². The van der Waals surface area contributed by atoms with Gasteiger partial charge in [-0.05, 0) is 49.6 Å². The summed E-state index contributed by atoms with van der Waals surface area (Å²) in [6.07, 6.45) is 6.55. The molecule has 1 amide bonds. The number of rotatable bonds is 5. The van der Waals surface area contributed by atoms with Crippen LogP contribution in [0.25, 0.3) is 6.08 Å². The highest BCUT2D eigenvalue weighted by Crippen LogP contribution is 2.07. The number of hydrogen-bond donors (Lipinski definition) is 2. The maximum Gasteiger partial charge on any atom is 0.243 e. The lowest BCUT2D eigenvalue weighted by Gasteiger charge is -2.09. The van der Waals surface area contributed by atoms with Crippen LogP contribution >= 0.6 is 0 Å². The molecule has 1 aromatic carbocycles. The van der Waals surface area contributed by atoms with Crippen LogP contribution in [-0.2, 0) is 4.79 Å². The molecule has 0 unspecified atom stereocenters. The van der Waals surface area contributed by atoms with Gasteiger partial charge in [-0.15, -0.1) is 0 Å². The van der Waals surface area contributed by atoms with E-state index in [1.165, 1.54) is 31.1 Å². The molecule has 2 rings (SSSR count). The molecule has 102 valence electrons. The molecular weight excluding hydrogens is 243 g/mol. The fraction of sp³-hybridized carbons (Fsp3) is 0.400. The molecule has 1 aromatic rings. The van der Waals surface area contributed by atoms with Gasteiger partial charge in [-0.3, -0.25) is 4.79 Å². The van der Waals surface area contributed by atoms with Crippen LogP contribution in [0.5, 0.6) is 0 Å². The molecule has 2 N–H and O–H groups in total. The zero-order valence-electron chi connectivity index (χ0n) is 10.9. The van der Waals surface area contributed by atoms with Crippen molar-refractivity contribution >= 4 is 12.0 Å². The molecule has 1 heterocycles. The third-order valence-electron chi connectivity index (χ3n) is 3.25. The van der Waals surface area contributed by atoms with E-state index in [1.54, 1.807) is 18.2 Å². The minimum atomic E-state index is -0.273. The molecule has 19 heavy (non-hydrogen) atoms. The van der Waals surface area contributed by atoms with Gasteiger partial charge in [0.1, 0.15) is 5.82 Å². The molecule has 0 bridgehead atoms. The molecule has 1 atom stereocenters. The average Bonchev–Trinajstić information content (AvgIpc) is 2.91. The molecule has 0 radical (unpaired) electrons. The Bertz CT molecular complexity index is 436. The molecular formula is C15H19FN2O. The second-order valence-electron chi connectivity index (χ2n) is 4.76. The van der Waals surface area contributed by atoms with E-state index < -0.39 is 0 Å². The third kappa shape index (κ3) is 4.83. The Kier molecular flexibility index (Phi) is 5.10. The van der Waals surface area contributed by atoms with Crippen molar-refractivity contribution in [2.75, 3.05) is 13.1 Å². The van der Waals surface area contributed by atoms with E-state index in [9.17, 15) is 9.18 Å². The zero-order chi connectivity index (χ0) is 13.5. The number of carbonyl (C=O) groups is 1. The Balaban J connectivity index is 1.69. The van der Waals surface area contributed by atoms with E-state index in [0.29, 0.717) is 12.6 Å². The van der Waals surface area contributed by atoms with Crippen molar-refractivity contribution < 1.29 is 9.18 Å². The van der Waals surface area contributed by atoms with Gasteiger partial charge >= 0.3 is 0 Å². The molecule has 4 heteroatoms. The fourth-order valence-electron chi connectivity index (χ4n) is 2.18. The average molecular weight is 262 g/mol. The van der Waals surface area contributed by atoms with Gasteiger partial charge in [0.2, 0.25) is 5.91 Å². The van der Waals surface area contributed by atoms with Crippen LogP contribution in [0.3, 0.4) is 0 Å². The maximum absolute atomic E-state index is 12.7. The van der Waals surface area contributed by atoms with Gasteiger partial charge in [0, 0.05) is 18.7 Å². The smallest absolute Gasteiger partial charge is 0.243 e. The molecule has 0 saturated carbocycles. The second kappa shape index (κ2) is 7.04. The van der Waals surface area contributed by atoms with Gasteiger partial charge < -0.3 is 10.6 Å². The van der Waals surface area contributed by atoms with Crippen LogP contribution in [0, 0.1) is 5.82 Å². The summed E-state index contributed by atoms with van der Waals surface area (Å²) >= 11 is 0. The Morgan fingerprint density at radius 3 is 2.89 bits per heavy atom. The topological polar surface area (TPSA) is 41.1 Å². The first-order chi connectivity index (χ1) is 9.24. The number of nitrogens with one attached hydrogen (secondary N) is 2. The summed E-state index contributed by atoms with van der Waals surface area (Å²) in [5.41, 5.74) is 0.814. The van der Waals surface area contributed by atoms with Crippen LogP contribution in [0.4, 0.5) is 4.39 Å². The Labute approximate surface area is 112 Å². The Morgan fingerprint density at radius 2 is 2.21 bits per heavy atom. The fourth-order valence-corrected chi connectivity index (χ4v) is 2.18. The predicted octanol–water partition coefficient (Wildman–Crippen LogP) is 2.10. The second-order valence-corrected chi connectivity index (χ2v) is 4.76. The summed E-state index contributed by atoms with van der Waals surface area (Å²) in [6.45, 7) is 1.77. The van der Waals surface area contributed by atoms with Crippen molar-refractivity contribution in [3.05, 3.63) is 41.7 Å². The number of halogens is 1. The lowest BCUT2D eigenvalue weighted by molar-refractivity contribution is -0.116. The highest BCUT2D eigenvalue weighted by Gasteiger charge is 2.12. The van der Waals surface area contributed by atoms with E-state index in [-0.39, 0.29) is 11.7 Å². The molecule has 1 saturated heterocycles. The number of hydrogen-bond acceptors (Lipinski definition) is 2. The summed E-state index contributed by atoms with van der Waals surface area (Å²) in [4.78, 5) is 11.6. The minimum Gasteiger partial charge on any atom is -0.352 e. The van der Waals surface area contributed by atoms with Gasteiger partial charge in [-0.2, -0.15) is 0 Å². The number of amides is 1. The maximum atomic E-state index is 12.7. The van der Waals surface area contributed by atoms with Crippen molar-refractivity contribution in [1.29, 1.82) is 0 Å². The van der Waals surface area contributed by atoms with Crippen molar-refractivity contribution in [3.8, 4) is 0 Å². The Morgan fingerprint density at radius 1 is 1.42 bits per heavy atom. The van der Waals surface area contributed by atoms with Gasteiger partial charge in [0.25, 0.3) is 0 Å². The minimum absolute atomic E-state index is 0.109. The van der Waals surface area contributed by atoms with Crippen molar-refractivity contribution in [2.24, 2.45) is 0 Å². The molecule has 1 aliphatic rings. The molecule has 3 nitrogen and oxygen atoms in total. The Hall–Kier alpha value is -1.68. The quantitative estimate of drug-likeness (QED) is 0.798. The molecule has 0 aromatic heterocycles. The van der Waals surface area contributed by atoms with Gasteiger partial charge in [-0.1, -0.05) is 12.1 Å². The molecule has 1 fully saturated rings. The van der Waals surface area contributed by atoms with Crippen LogP contribution in [-0.4, -0.2) is 25.0 Å². The lowest BCUT2D eigenvalue weighted by Crippen LogP contribution is -2.29. The van der Waals surface area contributed by atoms with Crippen LogP contribution in [0.2, 0.25) is 0 Å². The molecule has 1 aliphatic heterocycles. The monoisotopic (exact) mass is 262 g/mol. The van der Waals surface area contributed by atoms with Crippen molar-refractivity contribution in [1.82, 2.24) is 10.6 Å². The van der Waals surface area contributed by atoms with Crippen LogP contribution in [0.1, 0.15) is 24.8 Å². The van der Waals surface area contributed by atoms with Crippen molar-refractivity contribution in [2.45, 2.75) is 25.3 Å². The van der Waals surface area contributed by atoms with E-state index in [1.807, 2.05) is 0 Å². The first-order valence-corrected chi connectivity index (χ1v) is 6.69. The van der Waals surface area contributed by atoms with E-state index in [0.717, 1.165) is 18.5 Å². The summed E-state index contributed by atoms with van der Waals surface area (Å²) < 4.78 is 12.7. The number of benzene rings is 1. The molecule has 0 aliphatic carbocycles. The standard InChI is InChI=1S/C15H19FN2O/c16-13-6-3-12(4-7-13)5-8-15(19)18-11-9-14-2-1-10-17-14/h3-8,14,17H,1-2,9-11H2,(H,18,19)/b8-5+/t14-/m1/s1. The van der Waals surface area contributed by atoms with Crippen LogP contribution < -0.4 is 10.6 Å². The first kappa shape index (κ1) is 13.7. The van der Waals surface area contributed by atoms with Gasteiger partial charge in [0.15, 0.2) is 0 Å². The summed E-state index contributed by atoms with van der Waals surface area (Å²) in [5.74, 6) is -0.381. The SMILES string of the molecule is O=C(/C=C/c1ccc(F)cc1)NCC[C@H]1CCCN1. The highest BCUT2D eigenvalue weighted by atomic mass is 19.1. The largest absolute Gasteiger partial charge is 0.352 e. The van der Waals surface area contributed by atoms with E-state index in [2.05, 4.69) is 10.6 Å². The first-order valence-electron chi connectivity index (χ1n) is 6.69. The zero-order valence-corrected chi connectivity index (χ0v) is 10.9. The molecule has 0 spiro atoms. The normalized spacial score (nSPS) is 18.9. The highest BCUT2D eigenvalue weighted by molar-refractivity contribution is 5.91. The van der Waals surface area contributed by atoms with Crippen molar-refractivity contribution in [3.63, 3.8) is 0 Å². The number of carbonyl (C=O) groups excluding carboxylic acids is 1. The summed E-state index contributed by atoms with van der Waals surface area (Å²) in [5, 5.41) is 6.24. The summed E-state index contributed by atoms with van der Waals surface area (Å²) in [7, 11) is 0. The van der Waals surface area contributed by atoms with E-state index >= 15 is 0 Å². The summed E-state index contributed by atoms with van der Waals surface area (Å²) in [6, 6.07) is 6.58. The predicted molar refractivity (Wildman–Crippen MR) is 74.1 cm³/mol. The lowest BCUT2D eigenvalue weighted by atomic mass is 10.1.